The maximum atomic E-state index is 11.7. The van der Waals surface area contributed by atoms with Crippen molar-refractivity contribution in [2.75, 3.05) is 18.5 Å². The first-order valence-electron chi connectivity index (χ1n) is 8.34. The van der Waals surface area contributed by atoms with Crippen molar-refractivity contribution in [2.45, 2.75) is 19.4 Å². The molecule has 0 unspecified atom stereocenters. The molecule has 0 aliphatic carbocycles. The molecule has 0 fully saturated rings. The third-order valence-corrected chi connectivity index (χ3v) is 5.78. The number of nitrogens with one attached hydrogen (secondary N) is 1. The van der Waals surface area contributed by atoms with Crippen molar-refractivity contribution in [3.63, 3.8) is 0 Å². The Bertz CT molecular complexity index is 1000. The monoisotopic (exact) mass is 371 g/mol. The Morgan fingerprint density at radius 2 is 1.92 bits per heavy atom. The molecule has 1 aliphatic heterocycles. The number of aromatic nitrogens is 1. The van der Waals surface area contributed by atoms with Gasteiger partial charge in [-0.2, -0.15) is 4.68 Å². The number of hydrogen-bond acceptors (Lipinski definition) is 6. The van der Waals surface area contributed by atoms with Crippen molar-refractivity contribution >= 4 is 22.3 Å². The summed E-state index contributed by atoms with van der Waals surface area (Å²) < 4.78 is 0.844. The predicted molar refractivity (Wildman–Crippen MR) is 98.8 cm³/mol. The molecule has 26 heavy (non-hydrogen) atoms. The molecule has 0 atom stereocenters. The molecular formula is C18H17N3O4S. The van der Waals surface area contributed by atoms with Crippen LogP contribution in [0.5, 0.6) is 0 Å². The first-order chi connectivity index (χ1) is 12.5. The van der Waals surface area contributed by atoms with Gasteiger partial charge in [0, 0.05) is 24.5 Å². The largest absolute Gasteiger partial charge is 0.478 e. The van der Waals surface area contributed by atoms with Crippen LogP contribution < -0.4 is 16.5 Å². The van der Waals surface area contributed by atoms with Crippen LogP contribution in [-0.2, 0) is 19.4 Å². The summed E-state index contributed by atoms with van der Waals surface area (Å²) in [4.78, 5) is 37.3. The highest BCUT2D eigenvalue weighted by Crippen LogP contribution is 2.37. The molecule has 134 valence electrons. The van der Waals surface area contributed by atoms with Crippen LogP contribution in [0, 0.1) is 0 Å². The second kappa shape index (κ2) is 6.54. The van der Waals surface area contributed by atoms with Crippen LogP contribution in [0.4, 0.5) is 5.00 Å². The molecule has 0 bridgehead atoms. The Kier molecular flexibility index (Phi) is 4.21. The third kappa shape index (κ3) is 3.09. The molecule has 0 saturated carbocycles. The lowest BCUT2D eigenvalue weighted by Crippen LogP contribution is -2.32. The van der Waals surface area contributed by atoms with Gasteiger partial charge in [-0.3, -0.25) is 19.9 Å². The van der Waals surface area contributed by atoms with Crippen LogP contribution in [-0.4, -0.2) is 33.7 Å². The lowest BCUT2D eigenvalue weighted by molar-refractivity contribution is 0.0696. The molecule has 7 nitrogen and oxygen atoms in total. The Morgan fingerprint density at radius 3 is 2.58 bits per heavy atom. The molecule has 0 amide bonds. The molecule has 1 aliphatic rings. The summed E-state index contributed by atoms with van der Waals surface area (Å²) in [7, 11) is 0. The highest BCUT2D eigenvalue weighted by Gasteiger charge is 2.29. The van der Waals surface area contributed by atoms with Crippen LogP contribution in [0.3, 0.4) is 0 Å². The van der Waals surface area contributed by atoms with Gasteiger partial charge in [0.25, 0.3) is 0 Å². The number of thiophene rings is 1. The summed E-state index contributed by atoms with van der Waals surface area (Å²) in [6.45, 7) is 2.37. The van der Waals surface area contributed by atoms with Gasteiger partial charge in [-0.25, -0.2) is 4.79 Å². The van der Waals surface area contributed by atoms with E-state index in [1.165, 1.54) is 16.9 Å². The zero-order chi connectivity index (χ0) is 18.3. The fourth-order valence-electron chi connectivity index (χ4n) is 3.22. The summed E-state index contributed by atoms with van der Waals surface area (Å²) >= 11 is 1.31. The van der Waals surface area contributed by atoms with Crippen LogP contribution in [0.15, 0.2) is 39.9 Å². The Labute approximate surface area is 152 Å². The molecule has 8 heteroatoms. The molecule has 0 radical (unpaired) electrons. The summed E-state index contributed by atoms with van der Waals surface area (Å²) in [6.07, 6.45) is 1.58. The minimum atomic E-state index is -1.04. The smallest absolute Gasteiger partial charge is 0.340 e. The van der Waals surface area contributed by atoms with Crippen LogP contribution in [0.25, 0.3) is 0 Å². The summed E-state index contributed by atoms with van der Waals surface area (Å²) in [5.41, 5.74) is 3.63. The summed E-state index contributed by atoms with van der Waals surface area (Å²) in [5, 5.41) is 9.91. The average Bonchev–Trinajstić information content (AvgIpc) is 3.05. The molecule has 2 N–H and O–H groups in total. The van der Waals surface area contributed by atoms with E-state index in [1.807, 2.05) is 18.2 Å². The average molecular weight is 371 g/mol. The first-order valence-corrected chi connectivity index (χ1v) is 9.15. The number of benzene rings is 1. The summed E-state index contributed by atoms with van der Waals surface area (Å²) in [5.74, 6) is -1.04. The lowest BCUT2D eigenvalue weighted by atomic mass is 10.0. The number of hydrogen-bond donors (Lipinski definition) is 2. The Balaban J connectivity index is 1.51. The van der Waals surface area contributed by atoms with Gasteiger partial charge in [0.05, 0.1) is 5.56 Å². The van der Waals surface area contributed by atoms with E-state index in [0.29, 0.717) is 18.0 Å². The third-order valence-electron chi connectivity index (χ3n) is 4.66. The van der Waals surface area contributed by atoms with Gasteiger partial charge in [0.2, 0.25) is 0 Å². The molecule has 3 heterocycles. The van der Waals surface area contributed by atoms with Crippen molar-refractivity contribution in [3.8, 4) is 0 Å². The molecule has 1 aromatic carbocycles. The zero-order valence-electron chi connectivity index (χ0n) is 13.9. The van der Waals surface area contributed by atoms with Gasteiger partial charge < -0.3 is 5.11 Å². The lowest BCUT2D eigenvalue weighted by Gasteiger charge is -2.26. The number of carboxylic acids is 1. The quantitative estimate of drug-likeness (QED) is 0.635. The van der Waals surface area contributed by atoms with Crippen LogP contribution in [0.2, 0.25) is 0 Å². The minimum absolute atomic E-state index is 0.181. The molecular weight excluding hydrogens is 354 g/mol. The summed E-state index contributed by atoms with van der Waals surface area (Å²) in [6, 6.07) is 10.2. The van der Waals surface area contributed by atoms with E-state index in [4.69, 9.17) is 0 Å². The second-order valence-electron chi connectivity index (χ2n) is 6.33. The predicted octanol–water partition coefficient (Wildman–Crippen LogP) is 1.32. The maximum absolute atomic E-state index is 11.7. The number of rotatable bonds is 6. The van der Waals surface area contributed by atoms with Gasteiger partial charge in [0.1, 0.15) is 5.00 Å². The number of anilines is 1. The van der Waals surface area contributed by atoms with Gasteiger partial charge in [-0.1, -0.05) is 30.3 Å². The number of carboxylic acid groups (broad SMARTS) is 1. The normalized spacial score (nSPS) is 14.5. The van der Waals surface area contributed by atoms with Gasteiger partial charge in [0.15, 0.2) is 0 Å². The fourth-order valence-corrected chi connectivity index (χ4v) is 4.49. The number of fused-ring (bicyclic) bond motifs is 1. The van der Waals surface area contributed by atoms with Crippen molar-refractivity contribution in [3.05, 3.63) is 72.6 Å². The van der Waals surface area contributed by atoms with E-state index in [0.717, 1.165) is 34.6 Å². The maximum Gasteiger partial charge on any atom is 0.340 e. The van der Waals surface area contributed by atoms with E-state index in [-0.39, 0.29) is 5.56 Å². The highest BCUT2D eigenvalue weighted by molar-refractivity contribution is 7.16. The van der Waals surface area contributed by atoms with E-state index in [1.54, 1.807) is 0 Å². The number of nitrogens with zero attached hydrogens (tertiary/aromatic N) is 2. The van der Waals surface area contributed by atoms with Gasteiger partial charge >= 0.3 is 17.1 Å². The molecule has 4 rings (SSSR count). The van der Waals surface area contributed by atoms with Gasteiger partial charge in [-0.05, 0) is 24.0 Å². The standard InChI is InChI=1S/C18H17N3O4S/c22-16-17(23)21(16)19-15-14(18(24)25)12-7-9-20(10-13(12)26-15)8-6-11-4-2-1-3-5-11/h1-5,19H,6-10H2,(H,24,25). The van der Waals surface area contributed by atoms with Crippen LogP contribution in [0.1, 0.15) is 26.4 Å². The first kappa shape index (κ1) is 16.7. The van der Waals surface area contributed by atoms with E-state index >= 15 is 0 Å². The molecule has 2 aromatic heterocycles. The number of aromatic carboxylic acids is 1. The van der Waals surface area contributed by atoms with Gasteiger partial charge in [-0.15, -0.1) is 11.3 Å². The Morgan fingerprint density at radius 1 is 1.19 bits per heavy atom. The fraction of sp³-hybridized carbons (Fsp3) is 0.278. The van der Waals surface area contributed by atoms with Crippen LogP contribution >= 0.6 is 11.3 Å². The SMILES string of the molecule is O=C(O)c1c(Nn2c(=O)c2=O)sc2c1CCN(CCc1ccccc1)C2. The molecule has 3 aromatic rings. The van der Waals surface area contributed by atoms with Crippen molar-refractivity contribution in [1.29, 1.82) is 0 Å². The molecule has 0 spiro atoms. The Hall–Kier alpha value is -2.71. The number of carbonyl (C=O) groups is 1. The molecule has 0 saturated heterocycles. The second-order valence-corrected chi connectivity index (χ2v) is 7.44. The minimum Gasteiger partial charge on any atom is -0.478 e. The van der Waals surface area contributed by atoms with Crippen molar-refractivity contribution in [1.82, 2.24) is 9.58 Å². The zero-order valence-corrected chi connectivity index (χ0v) is 14.7. The topological polar surface area (TPSA) is 91.6 Å². The van der Waals surface area contributed by atoms with E-state index < -0.39 is 17.1 Å². The van der Waals surface area contributed by atoms with Crippen molar-refractivity contribution < 1.29 is 9.90 Å². The van der Waals surface area contributed by atoms with Crippen molar-refractivity contribution in [2.24, 2.45) is 0 Å². The highest BCUT2D eigenvalue weighted by atomic mass is 32.1. The van der Waals surface area contributed by atoms with E-state index in [2.05, 4.69) is 22.5 Å². The van der Waals surface area contributed by atoms with E-state index in [9.17, 15) is 19.5 Å².